The first kappa shape index (κ1) is 18.2. The van der Waals surface area contributed by atoms with Crippen molar-refractivity contribution in [3.8, 4) is 22.3 Å². The van der Waals surface area contributed by atoms with E-state index in [0.717, 1.165) is 0 Å². The van der Waals surface area contributed by atoms with E-state index in [1.54, 1.807) is 0 Å². The molecule has 6 aromatic rings. The van der Waals surface area contributed by atoms with Crippen molar-refractivity contribution < 1.29 is 0 Å². The highest BCUT2D eigenvalue weighted by Gasteiger charge is 2.42. The predicted octanol–water partition coefficient (Wildman–Crippen LogP) is 6.90. The Balaban J connectivity index is 1.56. The van der Waals surface area contributed by atoms with Crippen molar-refractivity contribution in [2.75, 3.05) is 4.81 Å². The van der Waals surface area contributed by atoms with Crippen LogP contribution in [0, 0.1) is 0 Å². The minimum absolute atomic E-state index is 0.138. The van der Waals surface area contributed by atoms with Crippen molar-refractivity contribution in [1.82, 2.24) is 0 Å². The molecule has 0 bridgehead atoms. The van der Waals surface area contributed by atoms with Crippen LogP contribution in [0.4, 0.5) is 11.4 Å². The summed E-state index contributed by atoms with van der Waals surface area (Å²) in [5, 5.41) is 5.14. The largest absolute Gasteiger partial charge is 0.376 e. The molecule has 0 saturated carbocycles. The van der Waals surface area contributed by atoms with Gasteiger partial charge in [-0.15, -0.1) is 0 Å². The lowest BCUT2D eigenvalue weighted by atomic mass is 9.43. The first-order valence-electron chi connectivity index (χ1n) is 11.9. The van der Waals surface area contributed by atoms with E-state index in [0.29, 0.717) is 0 Å². The molecule has 156 valence electrons. The minimum atomic E-state index is 0.138. The molecule has 2 heterocycles. The smallest absolute Gasteiger partial charge is 0.329 e. The van der Waals surface area contributed by atoms with Gasteiger partial charge in [0.05, 0.1) is 0 Å². The van der Waals surface area contributed by atoms with Crippen LogP contribution in [-0.4, -0.2) is 6.85 Å². The Labute approximate surface area is 199 Å². The van der Waals surface area contributed by atoms with Gasteiger partial charge < -0.3 is 4.81 Å². The van der Waals surface area contributed by atoms with E-state index in [1.807, 2.05) is 0 Å². The second-order valence-electron chi connectivity index (χ2n) is 9.38. The zero-order chi connectivity index (χ0) is 22.2. The average molecular weight is 429 g/mol. The van der Waals surface area contributed by atoms with Crippen LogP contribution in [0.25, 0.3) is 43.8 Å². The van der Waals surface area contributed by atoms with Gasteiger partial charge in [0.2, 0.25) is 0 Å². The van der Waals surface area contributed by atoms with Crippen LogP contribution < -0.4 is 15.7 Å². The van der Waals surface area contributed by atoms with Crippen LogP contribution in [0.2, 0.25) is 0 Å². The van der Waals surface area contributed by atoms with Crippen LogP contribution in [0.3, 0.4) is 0 Å². The fourth-order valence-electron chi connectivity index (χ4n) is 6.11. The van der Waals surface area contributed by atoms with Crippen LogP contribution in [0.1, 0.15) is 0 Å². The molecule has 0 aliphatic carbocycles. The molecule has 0 amide bonds. The quantitative estimate of drug-likeness (QED) is 0.238. The van der Waals surface area contributed by atoms with E-state index < -0.39 is 0 Å². The molecule has 0 N–H and O–H groups in total. The number of fused-ring (bicyclic) bond motifs is 13. The lowest BCUT2D eigenvalue weighted by Crippen LogP contribution is -2.59. The summed E-state index contributed by atoms with van der Waals surface area (Å²) in [6.45, 7) is 0.138. The maximum Gasteiger partial charge on any atom is 0.329 e. The number of anilines is 2. The average Bonchev–Trinajstić information content (AvgIpc) is 2.91. The van der Waals surface area contributed by atoms with Gasteiger partial charge >= 0.3 is 6.85 Å². The number of hydrogen-bond acceptors (Lipinski definition) is 1. The first-order chi connectivity index (χ1) is 16.9. The van der Waals surface area contributed by atoms with Crippen molar-refractivity contribution >= 4 is 50.7 Å². The van der Waals surface area contributed by atoms with Gasteiger partial charge in [-0.3, -0.25) is 0 Å². The van der Waals surface area contributed by atoms with Crippen molar-refractivity contribution in [1.29, 1.82) is 0 Å². The molecular weight excluding hydrogens is 409 g/mol. The molecule has 0 aromatic heterocycles. The van der Waals surface area contributed by atoms with E-state index in [-0.39, 0.29) is 6.85 Å². The van der Waals surface area contributed by atoms with Crippen LogP contribution in [-0.2, 0) is 0 Å². The number of rotatable bonds is 0. The molecule has 6 aromatic carbocycles. The predicted molar refractivity (Wildman–Crippen MR) is 146 cm³/mol. The van der Waals surface area contributed by atoms with E-state index in [9.17, 15) is 0 Å². The minimum Gasteiger partial charge on any atom is -0.376 e. The second-order valence-corrected chi connectivity index (χ2v) is 9.38. The molecule has 2 heteroatoms. The zero-order valence-corrected chi connectivity index (χ0v) is 18.6. The molecule has 1 nitrogen and oxygen atoms in total. The summed E-state index contributed by atoms with van der Waals surface area (Å²) in [6.07, 6.45) is 0. The van der Waals surface area contributed by atoms with E-state index in [4.69, 9.17) is 0 Å². The molecule has 0 radical (unpaired) electrons. The lowest BCUT2D eigenvalue weighted by Gasteiger charge is -2.43. The Morgan fingerprint density at radius 3 is 1.71 bits per heavy atom. The molecular formula is C32H20BN. The fourth-order valence-corrected chi connectivity index (χ4v) is 6.11. The Bertz CT molecular complexity index is 1650. The molecule has 0 atom stereocenters. The van der Waals surface area contributed by atoms with Gasteiger partial charge in [-0.1, -0.05) is 97.1 Å². The summed E-state index contributed by atoms with van der Waals surface area (Å²) in [7, 11) is 0. The third kappa shape index (κ3) is 2.35. The third-order valence-corrected chi connectivity index (χ3v) is 7.59. The van der Waals surface area contributed by atoms with E-state index in [2.05, 4.69) is 126 Å². The Morgan fingerprint density at radius 2 is 0.941 bits per heavy atom. The molecule has 0 unspecified atom stereocenters. The molecule has 34 heavy (non-hydrogen) atoms. The standard InChI is InChI=1S/C32H20BN/c1-3-11-23-19-30-27(17-21(23)9-1)28-18-22-10-2-4-12-24(22)20-32(28)34-31-16-8-6-14-26(31)25-13-5-7-15-29(25)33(30)34/h1-20H. The Morgan fingerprint density at radius 1 is 0.382 bits per heavy atom. The van der Waals surface area contributed by atoms with Gasteiger partial charge in [0.25, 0.3) is 0 Å². The van der Waals surface area contributed by atoms with Gasteiger partial charge in [-0.2, -0.15) is 0 Å². The Kier molecular flexibility index (Phi) is 3.54. The van der Waals surface area contributed by atoms with Gasteiger partial charge in [-0.05, 0) is 67.9 Å². The number of nitrogens with zero attached hydrogens (tertiary/aromatic N) is 1. The monoisotopic (exact) mass is 429 g/mol. The van der Waals surface area contributed by atoms with Crippen LogP contribution in [0.15, 0.2) is 121 Å². The van der Waals surface area contributed by atoms with Crippen LogP contribution >= 0.6 is 0 Å². The molecule has 2 aliphatic rings. The van der Waals surface area contributed by atoms with Gasteiger partial charge in [0, 0.05) is 22.5 Å². The highest BCUT2D eigenvalue weighted by Crippen LogP contribution is 2.47. The SMILES string of the molecule is c1ccc2c(c1)B1c3cc4ccccc4cc3-c3cc4ccccc4cc3N1c1ccccc1-2. The van der Waals surface area contributed by atoms with Crippen molar-refractivity contribution in [2.45, 2.75) is 0 Å². The molecule has 8 rings (SSSR count). The number of hydrogen-bond donors (Lipinski definition) is 0. The van der Waals surface area contributed by atoms with Gasteiger partial charge in [0.1, 0.15) is 0 Å². The topological polar surface area (TPSA) is 3.24 Å². The summed E-state index contributed by atoms with van der Waals surface area (Å²) in [5.74, 6) is 0. The summed E-state index contributed by atoms with van der Waals surface area (Å²) >= 11 is 0. The first-order valence-corrected chi connectivity index (χ1v) is 11.9. The normalized spacial score (nSPS) is 13.2. The third-order valence-electron chi connectivity index (χ3n) is 7.59. The maximum atomic E-state index is 2.58. The summed E-state index contributed by atoms with van der Waals surface area (Å²) in [4.78, 5) is 2.58. The van der Waals surface area contributed by atoms with E-state index in [1.165, 1.54) is 66.1 Å². The fraction of sp³-hybridized carbons (Fsp3) is 0. The molecule has 0 spiro atoms. The summed E-state index contributed by atoms with van der Waals surface area (Å²) in [5.41, 5.74) is 10.6. The molecule has 2 aliphatic heterocycles. The lowest BCUT2D eigenvalue weighted by molar-refractivity contribution is 1.36. The van der Waals surface area contributed by atoms with Crippen molar-refractivity contribution in [2.24, 2.45) is 0 Å². The maximum absolute atomic E-state index is 2.58. The number of para-hydroxylation sites is 1. The zero-order valence-electron chi connectivity index (χ0n) is 18.6. The second kappa shape index (κ2) is 6.62. The highest BCUT2D eigenvalue weighted by molar-refractivity contribution is 6.92. The summed E-state index contributed by atoms with van der Waals surface area (Å²) in [6, 6.07) is 44.9. The van der Waals surface area contributed by atoms with Gasteiger partial charge in [0.15, 0.2) is 0 Å². The molecule has 0 fully saturated rings. The summed E-state index contributed by atoms with van der Waals surface area (Å²) < 4.78 is 0. The Hall–Kier alpha value is -4.30. The van der Waals surface area contributed by atoms with Gasteiger partial charge in [-0.25, -0.2) is 0 Å². The van der Waals surface area contributed by atoms with Crippen molar-refractivity contribution in [3.05, 3.63) is 121 Å². The van der Waals surface area contributed by atoms with Crippen molar-refractivity contribution in [3.63, 3.8) is 0 Å². The number of benzene rings is 6. The molecule has 0 saturated heterocycles. The highest BCUT2D eigenvalue weighted by atomic mass is 15.1. The van der Waals surface area contributed by atoms with Crippen LogP contribution in [0.5, 0.6) is 0 Å². The van der Waals surface area contributed by atoms with E-state index >= 15 is 0 Å².